The van der Waals surface area contributed by atoms with Gasteiger partial charge in [0.2, 0.25) is 0 Å². The number of aromatic nitrogens is 3. The maximum absolute atomic E-state index is 13.4. The molecule has 1 aromatic carbocycles. The highest BCUT2D eigenvalue weighted by Gasteiger charge is 2.24. The van der Waals surface area contributed by atoms with Gasteiger partial charge in [0, 0.05) is 23.8 Å². The summed E-state index contributed by atoms with van der Waals surface area (Å²) in [6, 6.07) is 9.89. The monoisotopic (exact) mass is 353 g/mol. The van der Waals surface area contributed by atoms with Crippen LogP contribution in [0, 0.1) is 6.92 Å². The molecule has 1 aliphatic heterocycles. The van der Waals surface area contributed by atoms with Gasteiger partial charge in [-0.3, -0.25) is 9.36 Å². The zero-order valence-electron chi connectivity index (χ0n) is 14.2. The third kappa shape index (κ3) is 2.85. The molecule has 6 heteroatoms. The average molecular weight is 353 g/mol. The van der Waals surface area contributed by atoms with Gasteiger partial charge in [-0.1, -0.05) is 36.0 Å². The molecule has 0 unspecified atom stereocenters. The lowest BCUT2D eigenvalue weighted by Gasteiger charge is -2.17. The summed E-state index contributed by atoms with van der Waals surface area (Å²) < 4.78 is 7.34. The van der Waals surface area contributed by atoms with E-state index in [1.165, 1.54) is 11.8 Å². The maximum atomic E-state index is 13.4. The fourth-order valence-electron chi connectivity index (χ4n) is 3.34. The van der Waals surface area contributed by atoms with E-state index in [1.54, 1.807) is 0 Å². The summed E-state index contributed by atoms with van der Waals surface area (Å²) in [5, 5.41) is 1.55. The topological polar surface area (TPSA) is 57.0 Å². The van der Waals surface area contributed by atoms with E-state index in [-0.39, 0.29) is 11.6 Å². The number of rotatable bonds is 3. The molecule has 1 aliphatic rings. The van der Waals surface area contributed by atoms with Crippen molar-refractivity contribution >= 4 is 22.8 Å². The largest absolute Gasteiger partial charge is 0.379 e. The van der Waals surface area contributed by atoms with Crippen molar-refractivity contribution in [1.82, 2.24) is 14.5 Å². The Bertz CT molecular complexity index is 994. The molecule has 4 rings (SSSR count). The quantitative estimate of drug-likeness (QED) is 0.533. The van der Waals surface area contributed by atoms with E-state index in [1.807, 2.05) is 54.3 Å². The van der Waals surface area contributed by atoms with Crippen molar-refractivity contribution in [3.8, 4) is 11.1 Å². The summed E-state index contributed by atoms with van der Waals surface area (Å²) in [6.45, 7) is 3.24. The van der Waals surface area contributed by atoms with Crippen molar-refractivity contribution < 1.29 is 4.74 Å². The van der Waals surface area contributed by atoms with Crippen LogP contribution in [0.2, 0.25) is 0 Å². The van der Waals surface area contributed by atoms with E-state index in [2.05, 4.69) is 9.97 Å². The summed E-state index contributed by atoms with van der Waals surface area (Å²) in [4.78, 5) is 22.4. The van der Waals surface area contributed by atoms with Gasteiger partial charge in [-0.15, -0.1) is 0 Å². The Hall–Kier alpha value is -2.18. The van der Waals surface area contributed by atoms with Crippen LogP contribution >= 0.6 is 11.8 Å². The zero-order chi connectivity index (χ0) is 17.4. The third-order valence-electron chi connectivity index (χ3n) is 4.64. The Morgan fingerprint density at radius 3 is 2.84 bits per heavy atom. The second-order valence-corrected chi connectivity index (χ2v) is 6.97. The molecule has 128 valence electrons. The minimum absolute atomic E-state index is 0.0111. The van der Waals surface area contributed by atoms with Gasteiger partial charge in [0.05, 0.1) is 12.6 Å². The molecule has 25 heavy (non-hydrogen) atoms. The summed E-state index contributed by atoms with van der Waals surface area (Å²) in [7, 11) is 0. The Morgan fingerprint density at radius 2 is 2.12 bits per heavy atom. The second-order valence-electron chi connectivity index (χ2n) is 6.20. The van der Waals surface area contributed by atoms with Crippen LogP contribution in [0.4, 0.5) is 0 Å². The highest BCUT2D eigenvalue weighted by Crippen LogP contribution is 2.27. The standard InChI is InChI=1S/C19H19N3O2S/c1-12-5-3-4-6-15(12)16-9-13-10-20-19(25-2)21-17(13)22(18(16)23)14-7-8-24-11-14/h3-6,9-10,14H,7-8,11H2,1-2H3/t14-/m0/s1. The highest BCUT2D eigenvalue weighted by atomic mass is 32.2. The third-order valence-corrected chi connectivity index (χ3v) is 5.20. The molecule has 0 N–H and O–H groups in total. The van der Waals surface area contributed by atoms with Gasteiger partial charge < -0.3 is 4.74 Å². The van der Waals surface area contributed by atoms with Crippen molar-refractivity contribution in [2.45, 2.75) is 24.5 Å². The van der Waals surface area contributed by atoms with Gasteiger partial charge in [-0.05, 0) is 36.8 Å². The highest BCUT2D eigenvalue weighted by molar-refractivity contribution is 7.98. The van der Waals surface area contributed by atoms with Gasteiger partial charge in [-0.25, -0.2) is 9.97 Å². The fraction of sp³-hybridized carbons (Fsp3) is 0.316. The predicted molar refractivity (Wildman–Crippen MR) is 100 cm³/mol. The number of fused-ring (bicyclic) bond motifs is 1. The summed E-state index contributed by atoms with van der Waals surface area (Å²) in [5.74, 6) is 0. The van der Waals surface area contributed by atoms with Gasteiger partial charge in [0.25, 0.3) is 5.56 Å². The number of thioether (sulfide) groups is 1. The second kappa shape index (κ2) is 6.61. The lowest BCUT2D eigenvalue weighted by Crippen LogP contribution is -2.27. The number of pyridine rings is 1. The molecule has 0 amide bonds. The number of nitrogens with zero attached hydrogens (tertiary/aromatic N) is 3. The Balaban J connectivity index is 2.04. The van der Waals surface area contributed by atoms with E-state index in [0.29, 0.717) is 29.6 Å². The van der Waals surface area contributed by atoms with Crippen molar-refractivity contribution in [3.05, 3.63) is 52.4 Å². The lowest BCUT2D eigenvalue weighted by molar-refractivity contribution is 0.186. The van der Waals surface area contributed by atoms with Crippen LogP contribution in [-0.2, 0) is 4.74 Å². The first-order valence-corrected chi connectivity index (χ1v) is 9.51. The first kappa shape index (κ1) is 16.3. The van der Waals surface area contributed by atoms with E-state index >= 15 is 0 Å². The number of ether oxygens (including phenoxy) is 1. The van der Waals surface area contributed by atoms with Gasteiger partial charge in [0.1, 0.15) is 5.65 Å². The number of hydrogen-bond acceptors (Lipinski definition) is 5. The minimum atomic E-state index is -0.0111. The molecular weight excluding hydrogens is 334 g/mol. The molecule has 0 bridgehead atoms. The molecule has 3 heterocycles. The summed E-state index contributed by atoms with van der Waals surface area (Å²) in [6.07, 6.45) is 4.57. The van der Waals surface area contributed by atoms with Crippen LogP contribution in [0.3, 0.4) is 0 Å². The molecule has 0 saturated carbocycles. The molecule has 1 fully saturated rings. The summed E-state index contributed by atoms with van der Waals surface area (Å²) >= 11 is 1.47. The van der Waals surface area contributed by atoms with Crippen molar-refractivity contribution in [1.29, 1.82) is 0 Å². The molecule has 2 aromatic heterocycles. The van der Waals surface area contributed by atoms with Crippen LogP contribution < -0.4 is 5.56 Å². The van der Waals surface area contributed by atoms with E-state index in [4.69, 9.17) is 4.74 Å². The van der Waals surface area contributed by atoms with Crippen LogP contribution in [0.25, 0.3) is 22.2 Å². The molecule has 0 spiro atoms. The molecule has 0 aliphatic carbocycles. The van der Waals surface area contributed by atoms with Crippen LogP contribution in [0.1, 0.15) is 18.0 Å². The minimum Gasteiger partial charge on any atom is -0.379 e. The van der Waals surface area contributed by atoms with Gasteiger partial charge >= 0.3 is 0 Å². The Kier molecular flexibility index (Phi) is 4.31. The first-order chi connectivity index (χ1) is 12.2. The molecule has 5 nitrogen and oxygen atoms in total. The zero-order valence-corrected chi connectivity index (χ0v) is 15.0. The summed E-state index contributed by atoms with van der Waals surface area (Å²) in [5.41, 5.74) is 3.41. The predicted octanol–water partition coefficient (Wildman–Crippen LogP) is 3.45. The number of hydrogen-bond donors (Lipinski definition) is 0. The van der Waals surface area contributed by atoms with Gasteiger partial charge in [0.15, 0.2) is 5.16 Å². The smallest absolute Gasteiger partial charge is 0.260 e. The molecule has 1 atom stereocenters. The van der Waals surface area contributed by atoms with Crippen LogP contribution in [0.5, 0.6) is 0 Å². The van der Waals surface area contributed by atoms with Crippen LogP contribution in [0.15, 0.2) is 46.5 Å². The molecule has 1 saturated heterocycles. The number of benzene rings is 1. The Labute approximate surface area is 150 Å². The van der Waals surface area contributed by atoms with Crippen molar-refractivity contribution in [2.75, 3.05) is 19.5 Å². The van der Waals surface area contributed by atoms with E-state index < -0.39 is 0 Å². The van der Waals surface area contributed by atoms with Crippen LogP contribution in [-0.4, -0.2) is 34.0 Å². The Morgan fingerprint density at radius 1 is 1.28 bits per heavy atom. The van der Waals surface area contributed by atoms with Crippen molar-refractivity contribution in [2.24, 2.45) is 0 Å². The number of aryl methyl sites for hydroxylation is 1. The molecule has 0 radical (unpaired) electrons. The van der Waals surface area contributed by atoms with Gasteiger partial charge in [-0.2, -0.15) is 0 Å². The SMILES string of the molecule is CSc1ncc2cc(-c3ccccc3C)c(=O)n([C@H]3CCOC3)c2n1. The van der Waals surface area contributed by atoms with E-state index in [9.17, 15) is 4.79 Å². The molecule has 3 aromatic rings. The first-order valence-electron chi connectivity index (χ1n) is 8.29. The normalized spacial score (nSPS) is 17.3. The average Bonchev–Trinajstić information content (AvgIpc) is 3.15. The maximum Gasteiger partial charge on any atom is 0.260 e. The van der Waals surface area contributed by atoms with E-state index in [0.717, 1.165) is 22.9 Å². The van der Waals surface area contributed by atoms with Crippen molar-refractivity contribution in [3.63, 3.8) is 0 Å². The molecular formula is C19H19N3O2S. The fourth-order valence-corrected chi connectivity index (χ4v) is 3.67. The lowest BCUT2D eigenvalue weighted by atomic mass is 10.0.